The average Bonchev–Trinajstić information content (AvgIpc) is 2.38. The van der Waals surface area contributed by atoms with E-state index < -0.39 is 18.8 Å². The number of Topliss-reactive ketones (excluding diaryl/α,β-unsaturated/α-hetero) is 1. The van der Waals surface area contributed by atoms with E-state index in [4.69, 9.17) is 14.6 Å². The molecule has 0 bridgehead atoms. The number of ether oxygens (including phenoxy) is 2. The number of hydrogen-bond donors (Lipinski definition) is 2. The van der Waals surface area contributed by atoms with Crippen molar-refractivity contribution in [1.82, 2.24) is 0 Å². The number of carbonyl (C=O) groups is 2. The summed E-state index contributed by atoms with van der Waals surface area (Å²) >= 11 is 0. The van der Waals surface area contributed by atoms with E-state index in [0.717, 1.165) is 0 Å². The van der Waals surface area contributed by atoms with Crippen LogP contribution in [0.1, 0.15) is 18.1 Å². The standard InChI is InChI=1S/C13H17BO6/c1-8(16)4-10-5-9(7-19-13(14)18)2-3-11(10)20-12(17)6-15/h2-3,5,12,15,17H,4,6-7,14H2,1H3/t12-/m1/s1. The highest BCUT2D eigenvalue weighted by Crippen LogP contribution is 2.22. The van der Waals surface area contributed by atoms with E-state index in [-0.39, 0.29) is 18.8 Å². The van der Waals surface area contributed by atoms with E-state index in [9.17, 15) is 14.7 Å². The molecule has 0 saturated carbocycles. The molecule has 2 N–H and O–H groups in total. The lowest BCUT2D eigenvalue weighted by molar-refractivity contribution is -0.116. The summed E-state index contributed by atoms with van der Waals surface area (Å²) in [5, 5.41) is 18.1. The molecule has 0 heterocycles. The van der Waals surface area contributed by atoms with Gasteiger partial charge in [0.2, 0.25) is 20.0 Å². The fourth-order valence-electron chi connectivity index (χ4n) is 1.61. The predicted molar refractivity (Wildman–Crippen MR) is 73.3 cm³/mol. The van der Waals surface area contributed by atoms with Crippen LogP contribution < -0.4 is 4.74 Å². The van der Waals surface area contributed by atoms with Gasteiger partial charge in [-0.25, -0.2) is 0 Å². The summed E-state index contributed by atoms with van der Waals surface area (Å²) in [6.07, 6.45) is -1.22. The van der Waals surface area contributed by atoms with Gasteiger partial charge in [0, 0.05) is 12.0 Å². The van der Waals surface area contributed by atoms with Gasteiger partial charge in [-0.2, -0.15) is 0 Å². The lowest BCUT2D eigenvalue weighted by Crippen LogP contribution is -2.21. The van der Waals surface area contributed by atoms with Crippen LogP contribution in [0, 0.1) is 0 Å². The van der Waals surface area contributed by atoms with Crippen LogP contribution in [0.5, 0.6) is 5.75 Å². The molecule has 0 fully saturated rings. The first-order chi connectivity index (χ1) is 9.42. The number of hydrogen-bond acceptors (Lipinski definition) is 6. The van der Waals surface area contributed by atoms with Gasteiger partial charge in [0.1, 0.15) is 24.7 Å². The molecule has 1 atom stereocenters. The molecule has 0 aromatic heterocycles. The minimum atomic E-state index is -1.35. The molecule has 0 spiro atoms. The monoisotopic (exact) mass is 280 g/mol. The number of aliphatic hydroxyl groups is 2. The summed E-state index contributed by atoms with van der Waals surface area (Å²) in [6.45, 7) is 0.989. The summed E-state index contributed by atoms with van der Waals surface area (Å²) in [6, 6.07) is 4.89. The zero-order chi connectivity index (χ0) is 15.1. The zero-order valence-electron chi connectivity index (χ0n) is 11.5. The number of benzene rings is 1. The largest absolute Gasteiger partial charge is 0.469 e. The van der Waals surface area contributed by atoms with E-state index in [1.54, 1.807) is 18.2 Å². The molecule has 1 aromatic rings. The van der Waals surface area contributed by atoms with Crippen LogP contribution in [-0.4, -0.2) is 42.6 Å². The van der Waals surface area contributed by atoms with Crippen LogP contribution in [0.4, 0.5) is 4.79 Å². The Labute approximate surface area is 117 Å². The Balaban J connectivity index is 2.93. The SMILES string of the molecule is BC(=O)OCc1ccc(O[C@@H](O)CO)c(CC(C)=O)c1. The Morgan fingerprint density at radius 2 is 2.10 bits per heavy atom. The minimum absolute atomic E-state index is 0.0713. The molecule has 0 aliphatic rings. The second-order valence-corrected chi connectivity index (χ2v) is 4.36. The van der Waals surface area contributed by atoms with Crippen molar-refractivity contribution in [3.05, 3.63) is 29.3 Å². The molecule has 0 saturated heterocycles. The van der Waals surface area contributed by atoms with Gasteiger partial charge in [-0.1, -0.05) is 6.07 Å². The first-order valence-corrected chi connectivity index (χ1v) is 6.12. The Morgan fingerprint density at radius 1 is 1.40 bits per heavy atom. The second-order valence-electron chi connectivity index (χ2n) is 4.36. The molecule has 0 radical (unpaired) electrons. The van der Waals surface area contributed by atoms with Crippen LogP contribution in [0.15, 0.2) is 18.2 Å². The van der Waals surface area contributed by atoms with Crippen molar-refractivity contribution >= 4 is 19.5 Å². The van der Waals surface area contributed by atoms with E-state index >= 15 is 0 Å². The average molecular weight is 280 g/mol. The van der Waals surface area contributed by atoms with Gasteiger partial charge in [0.15, 0.2) is 0 Å². The molecule has 6 nitrogen and oxygen atoms in total. The van der Waals surface area contributed by atoms with E-state index in [2.05, 4.69) is 0 Å². The van der Waals surface area contributed by atoms with Crippen molar-refractivity contribution < 1.29 is 29.3 Å². The van der Waals surface area contributed by atoms with E-state index in [1.807, 2.05) is 0 Å². The van der Waals surface area contributed by atoms with Gasteiger partial charge >= 0.3 is 0 Å². The summed E-state index contributed by atoms with van der Waals surface area (Å²) in [7, 11) is 1.31. The first-order valence-electron chi connectivity index (χ1n) is 6.12. The molecule has 0 aliphatic carbocycles. The lowest BCUT2D eigenvalue weighted by Gasteiger charge is -2.15. The predicted octanol–water partition coefficient (Wildman–Crippen LogP) is -0.223. The highest BCUT2D eigenvalue weighted by Gasteiger charge is 2.12. The van der Waals surface area contributed by atoms with Gasteiger partial charge in [0.25, 0.3) is 0 Å². The molecule has 108 valence electrons. The minimum Gasteiger partial charge on any atom is -0.469 e. The fourth-order valence-corrected chi connectivity index (χ4v) is 1.61. The van der Waals surface area contributed by atoms with Crippen molar-refractivity contribution in [3.8, 4) is 5.75 Å². The van der Waals surface area contributed by atoms with Gasteiger partial charge in [-0.05, 0) is 24.6 Å². The van der Waals surface area contributed by atoms with Crippen LogP contribution in [-0.2, 0) is 22.6 Å². The number of carbonyl (C=O) groups excluding carboxylic acids is 2. The van der Waals surface area contributed by atoms with Crippen LogP contribution >= 0.6 is 0 Å². The highest BCUT2D eigenvalue weighted by molar-refractivity contribution is 6.55. The second kappa shape index (κ2) is 7.67. The summed E-state index contributed by atoms with van der Waals surface area (Å²) in [4.78, 5) is 22.0. The number of ketones is 1. The molecular weight excluding hydrogens is 263 g/mol. The zero-order valence-corrected chi connectivity index (χ0v) is 11.5. The Bertz CT molecular complexity index is 488. The van der Waals surface area contributed by atoms with Crippen LogP contribution in [0.2, 0.25) is 0 Å². The Hall–Kier alpha value is -1.86. The summed E-state index contributed by atoms with van der Waals surface area (Å²) in [5.41, 5.74) is 1.27. The number of rotatable bonds is 7. The lowest BCUT2D eigenvalue weighted by atomic mass is 10.0. The van der Waals surface area contributed by atoms with Crippen molar-refractivity contribution in [1.29, 1.82) is 0 Å². The Kier molecular flexibility index (Phi) is 6.21. The molecule has 20 heavy (non-hydrogen) atoms. The summed E-state index contributed by atoms with van der Waals surface area (Å²) < 4.78 is 10.00. The maximum Gasteiger partial charge on any atom is 0.243 e. The molecule has 7 heteroatoms. The molecular formula is C13H17BO6. The van der Waals surface area contributed by atoms with Crippen molar-refractivity contribution in [2.75, 3.05) is 6.61 Å². The van der Waals surface area contributed by atoms with Crippen LogP contribution in [0.25, 0.3) is 0 Å². The van der Waals surface area contributed by atoms with Gasteiger partial charge in [-0.15, -0.1) is 0 Å². The maximum absolute atomic E-state index is 11.2. The maximum atomic E-state index is 11.2. The van der Waals surface area contributed by atoms with E-state index in [0.29, 0.717) is 16.9 Å². The van der Waals surface area contributed by atoms with Crippen molar-refractivity contribution in [3.63, 3.8) is 0 Å². The Morgan fingerprint density at radius 3 is 2.65 bits per heavy atom. The van der Waals surface area contributed by atoms with Crippen molar-refractivity contribution in [2.45, 2.75) is 26.2 Å². The molecule has 0 unspecified atom stereocenters. The fraction of sp³-hybridized carbons (Fsp3) is 0.385. The smallest absolute Gasteiger partial charge is 0.243 e. The molecule has 1 aromatic carbocycles. The summed E-state index contributed by atoms with van der Waals surface area (Å²) in [5.74, 6) is -0.152. The van der Waals surface area contributed by atoms with Gasteiger partial charge in [0.05, 0.1) is 0 Å². The first kappa shape index (κ1) is 16.2. The molecule has 0 amide bonds. The van der Waals surface area contributed by atoms with E-state index in [1.165, 1.54) is 14.8 Å². The van der Waals surface area contributed by atoms with Crippen molar-refractivity contribution in [2.24, 2.45) is 0 Å². The molecule has 0 aliphatic heterocycles. The van der Waals surface area contributed by atoms with Crippen LogP contribution in [0.3, 0.4) is 0 Å². The number of aliphatic hydroxyl groups excluding tert-OH is 2. The van der Waals surface area contributed by atoms with Gasteiger partial charge < -0.3 is 19.7 Å². The normalized spacial score (nSPS) is 11.8. The third-order valence-corrected chi connectivity index (χ3v) is 2.43. The topological polar surface area (TPSA) is 93.1 Å². The highest BCUT2D eigenvalue weighted by atomic mass is 16.6. The molecule has 1 rings (SSSR count). The third-order valence-electron chi connectivity index (χ3n) is 2.43. The third kappa shape index (κ3) is 5.42. The quantitative estimate of drug-likeness (QED) is 0.529. The van der Waals surface area contributed by atoms with Gasteiger partial charge in [-0.3, -0.25) is 9.59 Å².